The summed E-state index contributed by atoms with van der Waals surface area (Å²) in [5.74, 6) is 0.311. The van der Waals surface area contributed by atoms with Gasteiger partial charge in [0.25, 0.3) is 5.56 Å². The van der Waals surface area contributed by atoms with Crippen LogP contribution in [0.15, 0.2) is 58.4 Å². The molecule has 27 heavy (non-hydrogen) atoms. The average Bonchev–Trinajstić information content (AvgIpc) is 2.61. The van der Waals surface area contributed by atoms with Gasteiger partial charge >= 0.3 is 0 Å². The van der Waals surface area contributed by atoms with Crippen molar-refractivity contribution in [1.29, 1.82) is 0 Å². The van der Waals surface area contributed by atoms with Gasteiger partial charge in [-0.15, -0.1) is 0 Å². The van der Waals surface area contributed by atoms with Gasteiger partial charge in [-0.05, 0) is 31.2 Å². The van der Waals surface area contributed by atoms with E-state index in [2.05, 4.69) is 20.5 Å². The van der Waals surface area contributed by atoms with Crippen molar-refractivity contribution in [2.24, 2.45) is 5.10 Å². The van der Waals surface area contributed by atoms with Crippen molar-refractivity contribution >= 4 is 23.8 Å². The van der Waals surface area contributed by atoms with Crippen LogP contribution in [-0.4, -0.2) is 16.2 Å². The van der Waals surface area contributed by atoms with Crippen LogP contribution in [0.3, 0.4) is 0 Å². The van der Waals surface area contributed by atoms with Crippen molar-refractivity contribution in [1.82, 2.24) is 9.97 Å². The van der Waals surface area contributed by atoms with E-state index >= 15 is 0 Å². The number of ether oxygens (including phenoxy) is 1. The summed E-state index contributed by atoms with van der Waals surface area (Å²) in [6.07, 6.45) is 1.51. The molecule has 0 spiro atoms. The SMILES string of the molecule is Cc1cc(=O)[nH]c(N/N=C/c2ccccc2OCc2c(F)cccc2Cl)n1. The average molecular weight is 387 g/mol. The number of rotatable bonds is 6. The summed E-state index contributed by atoms with van der Waals surface area (Å²) in [5, 5.41) is 4.36. The molecule has 1 heterocycles. The topological polar surface area (TPSA) is 79.4 Å². The fourth-order valence-corrected chi connectivity index (χ4v) is 2.55. The number of nitrogens with zero attached hydrogens (tertiary/aromatic N) is 2. The molecule has 0 saturated heterocycles. The van der Waals surface area contributed by atoms with Gasteiger partial charge in [0.2, 0.25) is 5.95 Å². The van der Waals surface area contributed by atoms with Crippen molar-refractivity contribution in [3.05, 3.63) is 86.5 Å². The number of H-pyrrole nitrogens is 1. The summed E-state index contributed by atoms with van der Waals surface area (Å²) in [6, 6.07) is 13.0. The number of nitrogens with one attached hydrogen (secondary N) is 2. The highest BCUT2D eigenvalue weighted by Crippen LogP contribution is 2.23. The summed E-state index contributed by atoms with van der Waals surface area (Å²) in [7, 11) is 0. The summed E-state index contributed by atoms with van der Waals surface area (Å²) < 4.78 is 19.6. The molecule has 0 radical (unpaired) electrons. The molecular formula is C19H16ClFN4O2. The Labute approximate surface area is 159 Å². The quantitative estimate of drug-likeness (QED) is 0.497. The van der Waals surface area contributed by atoms with E-state index in [0.29, 0.717) is 22.0 Å². The summed E-state index contributed by atoms with van der Waals surface area (Å²) in [4.78, 5) is 18.1. The number of hydrazone groups is 1. The lowest BCUT2D eigenvalue weighted by Gasteiger charge is -2.10. The van der Waals surface area contributed by atoms with Gasteiger partial charge in [0.15, 0.2) is 0 Å². The molecule has 0 bridgehead atoms. The van der Waals surface area contributed by atoms with Gasteiger partial charge in [-0.1, -0.05) is 29.8 Å². The highest BCUT2D eigenvalue weighted by molar-refractivity contribution is 6.31. The van der Waals surface area contributed by atoms with E-state index in [1.54, 1.807) is 31.2 Å². The van der Waals surface area contributed by atoms with Crippen LogP contribution in [0, 0.1) is 12.7 Å². The van der Waals surface area contributed by atoms with Gasteiger partial charge in [-0.25, -0.2) is 14.8 Å². The minimum absolute atomic E-state index is 0.0173. The van der Waals surface area contributed by atoms with E-state index in [0.717, 1.165) is 0 Å². The normalized spacial score (nSPS) is 10.9. The number of halogens is 2. The molecule has 0 fully saturated rings. The molecule has 0 amide bonds. The van der Waals surface area contributed by atoms with Crippen molar-refractivity contribution in [3.63, 3.8) is 0 Å². The fourth-order valence-electron chi connectivity index (χ4n) is 2.33. The predicted octanol–water partition coefficient (Wildman–Crippen LogP) is 3.90. The molecule has 8 heteroatoms. The Kier molecular flexibility index (Phi) is 5.83. The third-order valence-corrected chi connectivity index (χ3v) is 3.95. The second-order valence-corrected chi connectivity index (χ2v) is 6.04. The molecule has 0 aliphatic rings. The number of aromatic amines is 1. The maximum absolute atomic E-state index is 13.9. The van der Waals surface area contributed by atoms with Crippen LogP contribution in [0.5, 0.6) is 5.75 Å². The van der Waals surface area contributed by atoms with Crippen LogP contribution in [0.2, 0.25) is 5.02 Å². The second kappa shape index (κ2) is 8.46. The minimum atomic E-state index is -0.426. The van der Waals surface area contributed by atoms with Crippen molar-refractivity contribution < 1.29 is 9.13 Å². The number of aromatic nitrogens is 2. The Balaban J connectivity index is 1.73. The number of hydrogen-bond acceptors (Lipinski definition) is 5. The Hall–Kier alpha value is -3.19. The van der Waals surface area contributed by atoms with Crippen molar-refractivity contribution in [2.45, 2.75) is 13.5 Å². The number of benzene rings is 2. The standard InChI is InChI=1S/C19H16ClFN4O2/c1-12-9-18(26)24-19(23-12)25-22-10-13-5-2-3-8-17(13)27-11-14-15(20)6-4-7-16(14)21/h2-10H,11H2,1H3,(H2,23,24,25,26)/b22-10+. The predicted molar refractivity (Wildman–Crippen MR) is 103 cm³/mol. The summed E-state index contributed by atoms with van der Waals surface area (Å²) in [5.41, 5.74) is 3.90. The molecule has 3 rings (SSSR count). The second-order valence-electron chi connectivity index (χ2n) is 5.63. The van der Waals surface area contributed by atoms with E-state index in [1.165, 1.54) is 24.4 Å². The van der Waals surface area contributed by atoms with E-state index in [-0.39, 0.29) is 23.7 Å². The zero-order valence-electron chi connectivity index (χ0n) is 14.4. The largest absolute Gasteiger partial charge is 0.488 e. The first-order chi connectivity index (χ1) is 13.0. The van der Waals surface area contributed by atoms with Crippen LogP contribution < -0.4 is 15.7 Å². The summed E-state index contributed by atoms with van der Waals surface area (Å²) in [6.45, 7) is 1.69. The molecule has 0 atom stereocenters. The van der Waals surface area contributed by atoms with Crippen LogP contribution in [-0.2, 0) is 6.61 Å². The number of anilines is 1. The molecule has 3 aromatic rings. The van der Waals surface area contributed by atoms with Gasteiger partial charge in [-0.2, -0.15) is 5.10 Å². The van der Waals surface area contributed by atoms with E-state index in [4.69, 9.17) is 16.3 Å². The highest BCUT2D eigenvalue weighted by Gasteiger charge is 2.09. The Morgan fingerprint density at radius 1 is 1.30 bits per heavy atom. The first-order valence-electron chi connectivity index (χ1n) is 8.04. The zero-order chi connectivity index (χ0) is 19.2. The molecule has 6 nitrogen and oxygen atoms in total. The number of hydrogen-bond donors (Lipinski definition) is 2. The molecule has 1 aromatic heterocycles. The van der Waals surface area contributed by atoms with E-state index in [9.17, 15) is 9.18 Å². The van der Waals surface area contributed by atoms with Gasteiger partial charge < -0.3 is 4.74 Å². The van der Waals surface area contributed by atoms with Crippen molar-refractivity contribution in [2.75, 3.05) is 5.43 Å². The van der Waals surface area contributed by atoms with Crippen LogP contribution >= 0.6 is 11.6 Å². The third kappa shape index (κ3) is 4.92. The van der Waals surface area contributed by atoms with Crippen molar-refractivity contribution in [3.8, 4) is 5.75 Å². The van der Waals surface area contributed by atoms with Gasteiger partial charge in [-0.3, -0.25) is 9.78 Å². The number of para-hydroxylation sites is 1. The maximum Gasteiger partial charge on any atom is 0.252 e. The number of aryl methyl sites for hydroxylation is 1. The molecule has 2 aromatic carbocycles. The molecular weight excluding hydrogens is 371 g/mol. The first-order valence-corrected chi connectivity index (χ1v) is 8.42. The molecule has 138 valence electrons. The molecule has 0 saturated carbocycles. The lowest BCUT2D eigenvalue weighted by Crippen LogP contribution is -2.10. The van der Waals surface area contributed by atoms with Gasteiger partial charge in [0.1, 0.15) is 18.2 Å². The Morgan fingerprint density at radius 3 is 2.89 bits per heavy atom. The smallest absolute Gasteiger partial charge is 0.252 e. The molecule has 2 N–H and O–H groups in total. The minimum Gasteiger partial charge on any atom is -0.488 e. The Bertz CT molecular complexity index is 1020. The zero-order valence-corrected chi connectivity index (χ0v) is 15.1. The van der Waals surface area contributed by atoms with Crippen LogP contribution in [0.4, 0.5) is 10.3 Å². The lowest BCUT2D eigenvalue weighted by atomic mass is 10.2. The van der Waals surface area contributed by atoms with Crippen LogP contribution in [0.1, 0.15) is 16.8 Å². The maximum atomic E-state index is 13.9. The monoisotopic (exact) mass is 386 g/mol. The lowest BCUT2D eigenvalue weighted by molar-refractivity contribution is 0.299. The first kappa shape index (κ1) is 18.6. The summed E-state index contributed by atoms with van der Waals surface area (Å²) >= 11 is 6.02. The van der Waals surface area contributed by atoms with Gasteiger partial charge in [0.05, 0.1) is 11.2 Å². The van der Waals surface area contributed by atoms with E-state index in [1.807, 2.05) is 6.07 Å². The van der Waals surface area contributed by atoms with Gasteiger partial charge in [0, 0.05) is 22.9 Å². The molecule has 0 aliphatic heterocycles. The fraction of sp³-hybridized carbons (Fsp3) is 0.105. The van der Waals surface area contributed by atoms with Crippen LogP contribution in [0.25, 0.3) is 0 Å². The third-order valence-electron chi connectivity index (χ3n) is 3.60. The highest BCUT2D eigenvalue weighted by atomic mass is 35.5. The molecule has 0 unspecified atom stereocenters. The molecule has 0 aliphatic carbocycles. The Morgan fingerprint density at radius 2 is 2.11 bits per heavy atom. The van der Waals surface area contributed by atoms with E-state index < -0.39 is 5.82 Å².